The van der Waals surface area contributed by atoms with Gasteiger partial charge in [0.2, 0.25) is 0 Å². The molecule has 3 N–H and O–H groups in total. The van der Waals surface area contributed by atoms with E-state index in [0.717, 1.165) is 7.11 Å². The van der Waals surface area contributed by atoms with E-state index in [1.807, 2.05) is 0 Å². The molecule has 0 aromatic heterocycles. The molecule has 2 aromatic carbocycles. The van der Waals surface area contributed by atoms with Gasteiger partial charge in [-0.2, -0.15) is 0 Å². The third kappa shape index (κ3) is 2.46. The summed E-state index contributed by atoms with van der Waals surface area (Å²) < 4.78 is 4.53. The minimum atomic E-state index is -1.77. The lowest BCUT2D eigenvalue weighted by Gasteiger charge is -2.15. The van der Waals surface area contributed by atoms with E-state index in [4.69, 9.17) is 0 Å². The third-order valence-electron chi connectivity index (χ3n) is 3.25. The van der Waals surface area contributed by atoms with Gasteiger partial charge < -0.3 is 20.1 Å². The minimum Gasteiger partial charge on any atom is -0.478 e. The molecule has 2 aromatic rings. The maximum atomic E-state index is 12.0. The van der Waals surface area contributed by atoms with Crippen molar-refractivity contribution >= 4 is 34.6 Å². The van der Waals surface area contributed by atoms with Crippen molar-refractivity contribution in [3.63, 3.8) is 0 Å². The predicted octanol–water partition coefficient (Wildman–Crippen LogP) is 1.72. The summed E-state index contributed by atoms with van der Waals surface area (Å²) in [7, 11) is 1.01. The zero-order valence-electron chi connectivity index (χ0n) is 11.7. The monoisotopic (exact) mass is 318 g/mol. The van der Waals surface area contributed by atoms with Gasteiger partial charge in [-0.1, -0.05) is 24.3 Å². The molecule has 118 valence electrons. The van der Waals surface area contributed by atoms with Crippen molar-refractivity contribution in [1.82, 2.24) is 0 Å². The fourth-order valence-corrected chi connectivity index (χ4v) is 2.40. The highest BCUT2D eigenvalue weighted by atomic mass is 16.5. The molecule has 0 unspecified atom stereocenters. The summed E-state index contributed by atoms with van der Waals surface area (Å²) in [5, 5.41) is 27.9. The van der Waals surface area contributed by atoms with Crippen LogP contribution in [0.3, 0.4) is 0 Å². The Kier molecular flexibility index (Phi) is 4.00. The first-order valence-corrected chi connectivity index (χ1v) is 6.18. The zero-order chi connectivity index (χ0) is 17.3. The van der Waals surface area contributed by atoms with Crippen LogP contribution in [-0.2, 0) is 4.74 Å². The SMILES string of the molecule is COC(=O)c1c(C(=O)O)c(C(=O)O)c(C(=O)O)c2ccccc12. The van der Waals surface area contributed by atoms with Gasteiger partial charge in [-0.15, -0.1) is 0 Å². The number of ether oxygens (including phenoxy) is 1. The minimum absolute atomic E-state index is 0.0147. The number of carbonyl (C=O) groups is 4. The number of methoxy groups -OCH3 is 1. The Balaban J connectivity index is 3.22. The second kappa shape index (κ2) is 5.76. The Morgan fingerprint density at radius 2 is 1.13 bits per heavy atom. The first-order valence-electron chi connectivity index (χ1n) is 6.18. The Morgan fingerprint density at radius 3 is 1.52 bits per heavy atom. The molecule has 0 atom stereocenters. The summed E-state index contributed by atoms with van der Waals surface area (Å²) in [6, 6.07) is 5.53. The van der Waals surface area contributed by atoms with Crippen LogP contribution in [0, 0.1) is 0 Å². The summed E-state index contributed by atoms with van der Waals surface area (Å²) in [4.78, 5) is 46.5. The summed E-state index contributed by atoms with van der Waals surface area (Å²) >= 11 is 0. The molecule has 0 spiro atoms. The van der Waals surface area contributed by atoms with E-state index >= 15 is 0 Å². The topological polar surface area (TPSA) is 138 Å². The molecule has 0 heterocycles. The van der Waals surface area contributed by atoms with Gasteiger partial charge in [0.05, 0.1) is 29.4 Å². The normalized spacial score (nSPS) is 10.3. The molecular formula is C15H10O8. The molecule has 0 aliphatic carbocycles. The van der Waals surface area contributed by atoms with Gasteiger partial charge in [0.1, 0.15) is 0 Å². The van der Waals surface area contributed by atoms with Crippen molar-refractivity contribution in [2.75, 3.05) is 7.11 Å². The Hall–Kier alpha value is -3.42. The average molecular weight is 318 g/mol. The van der Waals surface area contributed by atoms with Gasteiger partial charge in [0.25, 0.3) is 0 Å². The van der Waals surface area contributed by atoms with Crippen LogP contribution >= 0.6 is 0 Å². The summed E-state index contributed by atoms with van der Waals surface area (Å²) in [5.74, 6) is -6.19. The second-order valence-corrected chi connectivity index (χ2v) is 4.45. The number of hydrogen-bond acceptors (Lipinski definition) is 5. The molecule has 0 bridgehead atoms. The van der Waals surface area contributed by atoms with E-state index in [1.54, 1.807) is 0 Å². The van der Waals surface area contributed by atoms with E-state index < -0.39 is 46.1 Å². The number of carbonyl (C=O) groups excluding carboxylic acids is 1. The van der Waals surface area contributed by atoms with Gasteiger partial charge in [-0.25, -0.2) is 19.2 Å². The molecular weight excluding hydrogens is 308 g/mol. The van der Waals surface area contributed by atoms with E-state index in [1.165, 1.54) is 24.3 Å². The molecule has 8 heteroatoms. The molecule has 0 aliphatic rings. The van der Waals surface area contributed by atoms with E-state index in [2.05, 4.69) is 4.74 Å². The quantitative estimate of drug-likeness (QED) is 0.724. The highest BCUT2D eigenvalue weighted by Gasteiger charge is 2.33. The fourth-order valence-electron chi connectivity index (χ4n) is 2.40. The molecule has 2 rings (SSSR count). The van der Waals surface area contributed by atoms with Crippen LogP contribution in [0.4, 0.5) is 0 Å². The smallest absolute Gasteiger partial charge is 0.339 e. The number of fused-ring (bicyclic) bond motifs is 1. The number of carboxylic acid groups (broad SMARTS) is 3. The van der Waals surface area contributed by atoms with Crippen molar-refractivity contribution < 1.29 is 39.2 Å². The van der Waals surface area contributed by atoms with Crippen molar-refractivity contribution in [1.29, 1.82) is 0 Å². The summed E-state index contributed by atoms with van der Waals surface area (Å²) in [6.07, 6.45) is 0. The van der Waals surface area contributed by atoms with Gasteiger partial charge in [0.15, 0.2) is 0 Å². The Labute approximate surface area is 128 Å². The van der Waals surface area contributed by atoms with Crippen LogP contribution in [0.25, 0.3) is 10.8 Å². The second-order valence-electron chi connectivity index (χ2n) is 4.45. The number of carboxylic acids is 3. The first kappa shape index (κ1) is 16.0. The predicted molar refractivity (Wildman–Crippen MR) is 76.2 cm³/mol. The Bertz CT molecular complexity index is 865. The largest absolute Gasteiger partial charge is 0.478 e. The maximum Gasteiger partial charge on any atom is 0.339 e. The van der Waals surface area contributed by atoms with Gasteiger partial charge in [-0.3, -0.25) is 0 Å². The molecule has 0 saturated heterocycles. The molecule has 23 heavy (non-hydrogen) atoms. The average Bonchev–Trinajstić information content (AvgIpc) is 2.50. The number of rotatable bonds is 4. The number of aromatic carboxylic acids is 3. The van der Waals surface area contributed by atoms with Gasteiger partial charge in [0, 0.05) is 0 Å². The van der Waals surface area contributed by atoms with E-state index in [0.29, 0.717) is 0 Å². The van der Waals surface area contributed by atoms with Crippen LogP contribution in [0.5, 0.6) is 0 Å². The third-order valence-corrected chi connectivity index (χ3v) is 3.25. The molecule has 0 fully saturated rings. The van der Waals surface area contributed by atoms with Crippen molar-refractivity contribution in [3.8, 4) is 0 Å². The highest BCUT2D eigenvalue weighted by molar-refractivity contribution is 6.23. The molecule has 0 amide bonds. The maximum absolute atomic E-state index is 12.0. The number of hydrogen-bond donors (Lipinski definition) is 3. The molecule has 0 aliphatic heterocycles. The van der Waals surface area contributed by atoms with Crippen LogP contribution in [-0.4, -0.2) is 46.3 Å². The van der Waals surface area contributed by atoms with Gasteiger partial charge in [-0.05, 0) is 10.8 Å². The van der Waals surface area contributed by atoms with Crippen molar-refractivity contribution in [2.24, 2.45) is 0 Å². The molecule has 0 saturated carbocycles. The van der Waals surface area contributed by atoms with Crippen LogP contribution in [0.2, 0.25) is 0 Å². The lowest BCUT2D eigenvalue weighted by molar-refractivity contribution is 0.0579. The van der Waals surface area contributed by atoms with E-state index in [9.17, 15) is 34.5 Å². The van der Waals surface area contributed by atoms with Crippen LogP contribution in [0.1, 0.15) is 41.4 Å². The lowest BCUT2D eigenvalue weighted by Crippen LogP contribution is -2.21. The standard InChI is InChI=1S/C15H10O8/c1-23-15(22)9-7-5-3-2-4-6(7)8(12(16)17)10(13(18)19)11(9)14(20)21/h2-5H,1H3,(H,16,17)(H,18,19)(H,20,21). The van der Waals surface area contributed by atoms with Crippen LogP contribution in [0.15, 0.2) is 24.3 Å². The number of benzene rings is 2. The van der Waals surface area contributed by atoms with Crippen molar-refractivity contribution in [2.45, 2.75) is 0 Å². The Morgan fingerprint density at radius 1 is 0.739 bits per heavy atom. The molecule has 0 radical (unpaired) electrons. The zero-order valence-corrected chi connectivity index (χ0v) is 11.7. The number of esters is 1. The van der Waals surface area contributed by atoms with Crippen molar-refractivity contribution in [3.05, 3.63) is 46.5 Å². The summed E-state index contributed by atoms with van der Waals surface area (Å²) in [6.45, 7) is 0. The van der Waals surface area contributed by atoms with E-state index in [-0.39, 0.29) is 10.8 Å². The highest BCUT2D eigenvalue weighted by Crippen LogP contribution is 2.32. The van der Waals surface area contributed by atoms with Gasteiger partial charge >= 0.3 is 23.9 Å². The lowest BCUT2D eigenvalue weighted by atomic mass is 9.88. The fraction of sp³-hybridized carbons (Fsp3) is 0.0667. The van der Waals surface area contributed by atoms with Crippen LogP contribution < -0.4 is 0 Å². The molecule has 8 nitrogen and oxygen atoms in total. The summed E-state index contributed by atoms with van der Waals surface area (Å²) in [5.41, 5.74) is -3.08. The first-order chi connectivity index (χ1) is 10.8.